The van der Waals surface area contributed by atoms with Crippen LogP contribution in [0.15, 0.2) is 121 Å². The van der Waals surface area contributed by atoms with Crippen LogP contribution in [-0.4, -0.2) is 14.2 Å². The quantitative estimate of drug-likeness (QED) is 0.311. The zero-order valence-electron chi connectivity index (χ0n) is 20.8. The summed E-state index contributed by atoms with van der Waals surface area (Å²) in [5, 5.41) is 16.5. The summed E-state index contributed by atoms with van der Waals surface area (Å²) >= 11 is -2.36. The summed E-state index contributed by atoms with van der Waals surface area (Å²) in [6, 6.07) is 40.6. The van der Waals surface area contributed by atoms with Crippen LogP contribution in [0.2, 0.25) is 0 Å². The van der Waals surface area contributed by atoms with Gasteiger partial charge in [0.1, 0.15) is 0 Å². The van der Waals surface area contributed by atoms with Crippen molar-refractivity contribution in [3.63, 3.8) is 0 Å². The van der Waals surface area contributed by atoms with Crippen molar-refractivity contribution >= 4 is 12.2 Å². The van der Waals surface area contributed by atoms with Gasteiger partial charge in [0.2, 0.25) is 0 Å². The molecule has 0 heterocycles. The number of hydrogen-bond donors (Lipinski definition) is 0. The second-order valence-electron chi connectivity index (χ2n) is 8.69. The van der Waals surface area contributed by atoms with E-state index >= 15 is 0 Å². The van der Waals surface area contributed by atoms with E-state index in [9.17, 15) is 0 Å². The maximum absolute atomic E-state index is 8.25. The molecule has 2 aliphatic carbocycles. The van der Waals surface area contributed by atoms with Crippen molar-refractivity contribution in [3.8, 4) is 0 Å². The Hall–Kier alpha value is -2.84. The van der Waals surface area contributed by atoms with Crippen molar-refractivity contribution in [1.82, 2.24) is 0 Å². The molecule has 4 aromatic rings. The number of fused-ring (bicyclic) bond motifs is 2. The fourth-order valence-electron chi connectivity index (χ4n) is 5.50. The first-order valence-electron chi connectivity index (χ1n) is 12.2. The van der Waals surface area contributed by atoms with E-state index in [0.29, 0.717) is 10.9 Å². The van der Waals surface area contributed by atoms with Crippen molar-refractivity contribution in [2.45, 2.75) is 10.9 Å². The molecule has 2 unspecified atom stereocenters. The molecule has 0 saturated heterocycles. The Morgan fingerprint density at radius 2 is 0.861 bits per heavy atom. The van der Waals surface area contributed by atoms with Gasteiger partial charge in [-0.25, -0.2) is 0 Å². The van der Waals surface area contributed by atoms with E-state index in [0.717, 1.165) is 14.2 Å². The molecule has 0 aliphatic heterocycles. The van der Waals surface area contributed by atoms with Gasteiger partial charge in [0.25, 0.3) is 0 Å². The molecule has 0 spiro atoms. The zero-order valence-corrected chi connectivity index (χ0v) is 23.2. The normalized spacial score (nSPS) is 16.4. The molecule has 36 heavy (non-hydrogen) atoms. The summed E-state index contributed by atoms with van der Waals surface area (Å²) in [4.78, 5) is 0. The van der Waals surface area contributed by atoms with E-state index in [-0.39, 0.29) is 0 Å². The largest absolute Gasteiger partial charge is 0.857 e. The fraction of sp³-hybridized carbons (Fsp3) is 0.152. The van der Waals surface area contributed by atoms with Crippen LogP contribution in [0.3, 0.4) is 0 Å². The zero-order chi connectivity index (χ0) is 25.3. The molecule has 0 N–H and O–H groups in total. The summed E-state index contributed by atoms with van der Waals surface area (Å²) in [6.07, 6.45) is 9.82. The maximum Gasteiger partial charge on any atom is -0.153 e. The van der Waals surface area contributed by atoms with Crippen LogP contribution >= 0.6 is 0 Å². The summed E-state index contributed by atoms with van der Waals surface area (Å²) in [5.41, 5.74) is 8.84. The minimum atomic E-state index is -2.36. The first-order chi connectivity index (χ1) is 17.9. The number of rotatable bonds is 5. The monoisotopic (exact) mass is 549 g/mol. The third-order valence-corrected chi connectivity index (χ3v) is 16.2. The second-order valence-corrected chi connectivity index (χ2v) is 15.6. The summed E-state index contributed by atoms with van der Waals surface area (Å²) in [7, 11) is 1.50. The van der Waals surface area contributed by atoms with Crippen LogP contribution in [0.4, 0.5) is 0 Å². The molecule has 0 amide bonds. The molecular formula is C33H31O2Zr. The molecule has 179 valence electrons. The predicted molar refractivity (Wildman–Crippen MR) is 143 cm³/mol. The first-order valence-corrected chi connectivity index (χ1v) is 16.5. The Morgan fingerprint density at radius 1 is 0.500 bits per heavy atom. The van der Waals surface area contributed by atoms with Gasteiger partial charge in [-0.05, 0) is 0 Å². The molecule has 2 aliphatic rings. The summed E-state index contributed by atoms with van der Waals surface area (Å²) in [5.74, 6) is 0. The van der Waals surface area contributed by atoms with Gasteiger partial charge in [-0.1, -0.05) is 0 Å². The third-order valence-electron chi connectivity index (χ3n) is 6.92. The van der Waals surface area contributed by atoms with Crippen molar-refractivity contribution in [3.05, 3.63) is 155 Å². The molecule has 3 heteroatoms. The van der Waals surface area contributed by atoms with Gasteiger partial charge in [-0.15, -0.1) is 0 Å². The standard InChI is InChI=1S/C13H11.2C9H7.2CH3O.Zr/c1-3-7-12(8-4-1)11-13-9-5-2-6-10-13;2*1-2-5-9-7-3-6-8(9)4-1;2*1-2;/h1-11H;2*1-7H;2*1H3;/q;;;2*-1;+2. The van der Waals surface area contributed by atoms with E-state index in [2.05, 4.69) is 133 Å². The first kappa shape index (κ1) is 26.2. The molecular weight excluding hydrogens is 520 g/mol. The van der Waals surface area contributed by atoms with E-state index in [4.69, 9.17) is 10.2 Å². The van der Waals surface area contributed by atoms with E-state index in [1.165, 1.54) is 33.4 Å². The van der Waals surface area contributed by atoms with Crippen molar-refractivity contribution in [2.24, 2.45) is 0 Å². The van der Waals surface area contributed by atoms with Gasteiger partial charge in [0.15, 0.2) is 0 Å². The topological polar surface area (TPSA) is 46.1 Å². The maximum atomic E-state index is 8.25. The average molecular weight is 551 g/mol. The Kier molecular flexibility index (Phi) is 9.42. The molecule has 0 fully saturated rings. The van der Waals surface area contributed by atoms with Crippen LogP contribution in [0.1, 0.15) is 44.3 Å². The van der Waals surface area contributed by atoms with Gasteiger partial charge in [-0.3, -0.25) is 0 Å². The molecule has 2 atom stereocenters. The number of benzene rings is 4. The van der Waals surface area contributed by atoms with Gasteiger partial charge >= 0.3 is 200 Å². The van der Waals surface area contributed by atoms with E-state index in [1.807, 2.05) is 0 Å². The average Bonchev–Trinajstić information content (AvgIpc) is 3.60. The molecule has 4 aromatic carbocycles. The Labute approximate surface area is 223 Å². The van der Waals surface area contributed by atoms with Crippen molar-refractivity contribution < 1.29 is 32.0 Å². The van der Waals surface area contributed by atoms with Gasteiger partial charge in [0, 0.05) is 0 Å². The minimum absolute atomic E-state index is 0.487. The Balaban J connectivity index is 0.000000726. The molecule has 0 aromatic heterocycles. The summed E-state index contributed by atoms with van der Waals surface area (Å²) in [6.45, 7) is 0. The van der Waals surface area contributed by atoms with Crippen molar-refractivity contribution in [1.29, 1.82) is 0 Å². The van der Waals surface area contributed by atoms with Crippen LogP contribution in [-0.2, 0) is 21.8 Å². The molecule has 0 saturated carbocycles. The fourth-order valence-corrected chi connectivity index (χ4v) is 15.7. The molecule has 0 radical (unpaired) electrons. The van der Waals surface area contributed by atoms with E-state index < -0.39 is 21.8 Å². The van der Waals surface area contributed by atoms with Gasteiger partial charge < -0.3 is 10.2 Å². The predicted octanol–water partition coefficient (Wildman–Crippen LogP) is 5.88. The van der Waals surface area contributed by atoms with Crippen LogP contribution < -0.4 is 10.2 Å². The second kappa shape index (κ2) is 12.9. The SMILES string of the molecule is C1=C[CH]([Zr+2]([CH]2C=Cc3ccccc32)[CH](c2ccccc2)c2ccccc2)c2ccccc21.C[O-].C[O-]. The van der Waals surface area contributed by atoms with E-state index in [1.54, 1.807) is 0 Å². The molecule has 6 rings (SSSR count). The minimum Gasteiger partial charge on any atom is -0.857 e. The van der Waals surface area contributed by atoms with Crippen LogP contribution in [0.25, 0.3) is 12.2 Å². The number of allylic oxidation sites excluding steroid dienone is 2. The van der Waals surface area contributed by atoms with Gasteiger partial charge in [0.05, 0.1) is 0 Å². The Morgan fingerprint density at radius 3 is 1.28 bits per heavy atom. The smallest absolute Gasteiger partial charge is 0.153 e. The van der Waals surface area contributed by atoms with Crippen LogP contribution in [0, 0.1) is 0 Å². The Bertz CT molecular complexity index is 1200. The van der Waals surface area contributed by atoms with Crippen LogP contribution in [0.5, 0.6) is 0 Å². The van der Waals surface area contributed by atoms with Crippen molar-refractivity contribution in [2.75, 3.05) is 14.2 Å². The number of hydrogen-bond acceptors (Lipinski definition) is 2. The molecule has 0 bridgehead atoms. The summed E-state index contributed by atoms with van der Waals surface area (Å²) < 4.78 is 1.60. The van der Waals surface area contributed by atoms with Gasteiger partial charge in [-0.2, -0.15) is 14.2 Å². The third kappa shape index (κ3) is 5.30. The molecule has 2 nitrogen and oxygen atoms in total.